The molecule has 0 spiro atoms. The van der Waals surface area contributed by atoms with Crippen molar-refractivity contribution < 1.29 is 90.0 Å². The molecule has 0 fully saturated rings. The number of carbonyl (C=O) groups is 3. The third kappa shape index (κ3) is 24.7. The van der Waals surface area contributed by atoms with Crippen molar-refractivity contribution in [3.05, 3.63) is 343 Å². The van der Waals surface area contributed by atoms with E-state index in [0.29, 0.717) is 0 Å². The van der Waals surface area contributed by atoms with Gasteiger partial charge >= 0.3 is 0 Å². The van der Waals surface area contributed by atoms with Crippen LogP contribution in [0.25, 0.3) is 129 Å². The quantitative estimate of drug-likeness (QED) is 0.0617. The van der Waals surface area contributed by atoms with Crippen molar-refractivity contribution in [1.29, 1.82) is 0 Å². The van der Waals surface area contributed by atoms with E-state index in [1.165, 1.54) is 155 Å². The molecule has 9 nitrogen and oxygen atoms in total. The summed E-state index contributed by atoms with van der Waals surface area (Å²) in [7, 11) is 0. The van der Waals surface area contributed by atoms with Crippen LogP contribution in [0.1, 0.15) is 58.2 Å². The summed E-state index contributed by atoms with van der Waals surface area (Å²) < 4.78 is 3.63. The molecule has 3 radical (unpaired) electrons. The molecule has 0 aliphatic rings. The van der Waals surface area contributed by atoms with Crippen LogP contribution in [0.15, 0.2) is 308 Å². The first-order valence-electron chi connectivity index (χ1n) is 34.0. The Kier molecular flexibility index (Phi) is 33.0. The molecule has 108 heavy (non-hydrogen) atoms. The van der Waals surface area contributed by atoms with Crippen LogP contribution in [0.3, 0.4) is 0 Å². The number of thiophene rings is 3. The second kappa shape index (κ2) is 41.9. The number of allylic oxidation sites excluding steroid dienone is 6. The number of hydrogen-bond donors (Lipinski definition) is 3. The molecule has 15 rings (SSSR count). The molecule has 3 N–H and O–H groups in total. The zero-order valence-electron chi connectivity index (χ0n) is 60.8. The first-order chi connectivity index (χ1) is 50.7. The fourth-order valence-corrected chi connectivity index (χ4v) is 14.5. The van der Waals surface area contributed by atoms with Crippen LogP contribution in [0.2, 0.25) is 0 Å². The monoisotopic (exact) mass is 2010 g/mol. The van der Waals surface area contributed by atoms with Crippen LogP contribution in [-0.2, 0) is 74.7 Å². The average molecular weight is 2010 g/mol. The molecule has 9 aromatic carbocycles. The molecule has 0 unspecified atom stereocenters. The number of fused-ring (bicyclic) bond motifs is 3. The Bertz CT molecular complexity index is 5480. The van der Waals surface area contributed by atoms with Gasteiger partial charge in [-0.15, -0.1) is 140 Å². The van der Waals surface area contributed by atoms with Gasteiger partial charge in [0, 0.05) is 93.2 Å². The van der Waals surface area contributed by atoms with E-state index in [-0.39, 0.29) is 94.9 Å². The van der Waals surface area contributed by atoms with E-state index in [9.17, 15) is 14.4 Å². The normalized spacial score (nSPS) is 10.8. The molecule has 15 heteroatoms. The van der Waals surface area contributed by atoms with E-state index in [0.717, 1.165) is 50.3 Å². The SMILES string of the molecule is CC(=O)C=C(C)O.CC(=O)C=C(C)O.CC(=O)C=C(C)O.Cc1ccc(-c2cc3nc(-c4[c-]ccc(-c5ccccc5)c4)ccc3s2)cc1.Cc1cccc(C)c1-c1cc2nc(-c3[c-]ccc(-c4ccccc4)c3)ccc2s1.[Ir].[Ir].[Ir].[c-]1ccc(-c2ccccc2)cc1-c1ccc2sc(-c3ccccc3)cc2n1. The molecule has 0 amide bonds. The van der Waals surface area contributed by atoms with E-state index in [4.69, 9.17) is 30.3 Å². The fraction of sp³-hybridized carbons (Fsp3) is 0.0968. The summed E-state index contributed by atoms with van der Waals surface area (Å²) in [6, 6.07) is 105. The van der Waals surface area contributed by atoms with E-state index >= 15 is 0 Å². The van der Waals surface area contributed by atoms with Crippen LogP contribution in [0.5, 0.6) is 0 Å². The van der Waals surface area contributed by atoms with Crippen molar-refractivity contribution in [2.75, 3.05) is 0 Å². The second-order valence-electron chi connectivity index (χ2n) is 24.8. The summed E-state index contributed by atoms with van der Waals surface area (Å²) >= 11 is 5.38. The van der Waals surface area contributed by atoms with Gasteiger partial charge < -0.3 is 15.3 Å². The number of rotatable bonds is 12. The summed E-state index contributed by atoms with van der Waals surface area (Å²) in [4.78, 5) is 48.6. The fourth-order valence-electron chi connectivity index (χ4n) is 11.3. The van der Waals surface area contributed by atoms with Crippen molar-refractivity contribution in [3.8, 4) is 98.5 Å². The van der Waals surface area contributed by atoms with E-state index in [1.54, 1.807) is 22.7 Å². The van der Waals surface area contributed by atoms with Crippen molar-refractivity contribution in [2.45, 2.75) is 62.3 Å². The van der Waals surface area contributed by atoms with Crippen LogP contribution in [0, 0.1) is 39.0 Å². The molecular weight excluding hydrogens is 1930 g/mol. The molecule has 6 heterocycles. The molecule has 15 aromatic rings. The topological polar surface area (TPSA) is 151 Å². The largest absolute Gasteiger partial charge is 0.512 e. The average Bonchev–Trinajstić information content (AvgIpc) is 1.64. The van der Waals surface area contributed by atoms with Gasteiger partial charge in [0.05, 0.1) is 47.9 Å². The Labute approximate surface area is 685 Å². The second-order valence-corrected chi connectivity index (χ2v) is 28.1. The summed E-state index contributed by atoms with van der Waals surface area (Å²) in [6.45, 7) is 15.0. The summed E-state index contributed by atoms with van der Waals surface area (Å²) in [5.41, 5.74) is 23.9. The van der Waals surface area contributed by atoms with Crippen LogP contribution in [-0.4, -0.2) is 47.6 Å². The van der Waals surface area contributed by atoms with Gasteiger partial charge in [-0.1, -0.05) is 188 Å². The molecule has 0 saturated heterocycles. The van der Waals surface area contributed by atoms with E-state index in [1.807, 2.05) is 53.8 Å². The first-order valence-corrected chi connectivity index (χ1v) is 36.4. The number of nitrogens with zero attached hydrogens (tertiary/aromatic N) is 3. The van der Waals surface area contributed by atoms with Crippen molar-refractivity contribution >= 4 is 82.0 Å². The molecule has 6 aromatic heterocycles. The number of aliphatic hydroxyl groups is 3. The number of carbonyl (C=O) groups excluding carboxylic acids is 3. The van der Waals surface area contributed by atoms with Gasteiger partial charge in [0.25, 0.3) is 0 Å². The molecular formula is C93H78Ir3N3O6S3-3. The zero-order valence-corrected chi connectivity index (χ0v) is 70.5. The number of aromatic nitrogens is 3. The Hall–Kier alpha value is -10.1. The van der Waals surface area contributed by atoms with Gasteiger partial charge in [-0.05, 0) is 160 Å². The van der Waals surface area contributed by atoms with Crippen LogP contribution in [0.4, 0.5) is 0 Å². The summed E-state index contributed by atoms with van der Waals surface area (Å²) in [5, 5.41) is 25.1. The number of benzene rings is 9. The van der Waals surface area contributed by atoms with Gasteiger partial charge in [-0.2, -0.15) is 0 Å². The maximum absolute atomic E-state index is 10.0. The minimum atomic E-state index is -0.125. The van der Waals surface area contributed by atoms with E-state index in [2.05, 4.69) is 269 Å². The molecule has 549 valence electrons. The van der Waals surface area contributed by atoms with Gasteiger partial charge in [0.15, 0.2) is 17.3 Å². The van der Waals surface area contributed by atoms with Gasteiger partial charge in [-0.25, -0.2) is 0 Å². The van der Waals surface area contributed by atoms with Crippen LogP contribution >= 0.6 is 34.0 Å². The van der Waals surface area contributed by atoms with Crippen molar-refractivity contribution in [2.24, 2.45) is 0 Å². The predicted octanol–water partition coefficient (Wildman–Crippen LogP) is 25.3. The molecule has 0 aliphatic carbocycles. The smallest absolute Gasteiger partial charge is 0.155 e. The van der Waals surface area contributed by atoms with Crippen molar-refractivity contribution in [1.82, 2.24) is 15.0 Å². The standard InChI is InChI=1S/C27H20NS.C26H18NS.C25H16NS.3C5H8O2.3Ir/c1-18-8-6-9-19(2)27(18)26-17-24-25(29-26)15-14-23(28-24)22-13-7-12-21(16-22)20-10-4-3-5-11-20;1-18-10-12-20(13-11-18)26-17-24-25(28-26)15-14-23(27-24)22-9-5-8-21(16-22)19-6-3-2-4-7-19;1-3-8-18(9-4-1)20-12-7-13-21(16-20)22-14-15-24-23(26-22)17-25(27-24)19-10-5-2-6-11-19;3*1-4(6)3-5(2)7;;;/h3-12,14-17H,1-2H3;2-8,10-17H,1H3;1-12,14-17H;3*3,6H,1-2H3;;;/q3*-1;;;;;;. The van der Waals surface area contributed by atoms with Gasteiger partial charge in [-0.3, -0.25) is 29.3 Å². The number of hydrogen-bond acceptors (Lipinski definition) is 12. The van der Waals surface area contributed by atoms with Gasteiger partial charge in [0.2, 0.25) is 0 Å². The van der Waals surface area contributed by atoms with Crippen LogP contribution < -0.4 is 0 Å². The Morgan fingerprint density at radius 3 is 0.898 bits per heavy atom. The number of pyridine rings is 3. The number of ketones is 3. The molecule has 0 aliphatic heterocycles. The first kappa shape index (κ1) is 85.1. The third-order valence-corrected chi connectivity index (χ3v) is 19.4. The predicted molar refractivity (Wildman–Crippen MR) is 440 cm³/mol. The van der Waals surface area contributed by atoms with E-state index < -0.39 is 0 Å². The summed E-state index contributed by atoms with van der Waals surface area (Å²) in [5.74, 6) is -0.187. The third-order valence-electron chi connectivity index (χ3n) is 16.0. The minimum absolute atomic E-state index is 0. The Balaban J connectivity index is 0.000000196. The van der Waals surface area contributed by atoms with Crippen molar-refractivity contribution in [3.63, 3.8) is 0 Å². The minimum Gasteiger partial charge on any atom is -0.512 e. The maximum Gasteiger partial charge on any atom is 0.155 e. The number of aliphatic hydroxyl groups excluding tert-OH is 3. The summed E-state index contributed by atoms with van der Waals surface area (Å²) in [6.07, 6.45) is 3.50. The molecule has 0 bridgehead atoms. The Morgan fingerprint density at radius 2 is 0.602 bits per heavy atom. The number of aryl methyl sites for hydroxylation is 3. The zero-order chi connectivity index (χ0) is 74.4. The van der Waals surface area contributed by atoms with Gasteiger partial charge in [0.1, 0.15) is 0 Å². The Morgan fingerprint density at radius 1 is 0.315 bits per heavy atom. The molecule has 0 atom stereocenters. The maximum atomic E-state index is 10.0. The molecule has 0 saturated carbocycles.